The van der Waals surface area contributed by atoms with Crippen molar-refractivity contribution in [2.24, 2.45) is 0 Å². The number of carbonyl (C=O) groups excluding carboxylic acids is 2. The zero-order valence-corrected chi connectivity index (χ0v) is 20.4. The topological polar surface area (TPSA) is 52.6 Å². The molecule has 0 aromatic heterocycles. The molecule has 0 rings (SSSR count). The summed E-state index contributed by atoms with van der Waals surface area (Å²) in [5, 5.41) is 0. The highest BCUT2D eigenvalue weighted by Crippen LogP contribution is 2.12. The van der Waals surface area contributed by atoms with E-state index in [0.717, 1.165) is 25.7 Å². The summed E-state index contributed by atoms with van der Waals surface area (Å²) in [7, 11) is 0. The van der Waals surface area contributed by atoms with E-state index in [-0.39, 0.29) is 18.0 Å². The van der Waals surface area contributed by atoms with Crippen molar-refractivity contribution in [1.82, 2.24) is 0 Å². The van der Waals surface area contributed by atoms with Crippen LogP contribution in [0.1, 0.15) is 143 Å². The highest BCUT2D eigenvalue weighted by Gasteiger charge is 2.11. The van der Waals surface area contributed by atoms with Crippen molar-refractivity contribution in [2.45, 2.75) is 149 Å². The molecule has 0 spiro atoms. The van der Waals surface area contributed by atoms with Gasteiger partial charge in [0.2, 0.25) is 0 Å². The van der Waals surface area contributed by atoms with E-state index in [1.807, 2.05) is 6.92 Å². The van der Waals surface area contributed by atoms with E-state index < -0.39 is 0 Å². The summed E-state index contributed by atoms with van der Waals surface area (Å²) in [6.07, 6.45) is 20.9. The molecule has 4 nitrogen and oxygen atoms in total. The molecule has 30 heavy (non-hydrogen) atoms. The Kier molecular flexibility index (Phi) is 21.8. The van der Waals surface area contributed by atoms with Crippen LogP contribution >= 0.6 is 0 Å². The van der Waals surface area contributed by atoms with Gasteiger partial charge in [-0.2, -0.15) is 0 Å². The Hall–Kier alpha value is -1.06. The Labute approximate surface area is 186 Å². The van der Waals surface area contributed by atoms with Crippen molar-refractivity contribution in [3.63, 3.8) is 0 Å². The number of esters is 2. The summed E-state index contributed by atoms with van der Waals surface area (Å²) >= 11 is 0. The molecule has 0 aromatic rings. The summed E-state index contributed by atoms with van der Waals surface area (Å²) in [5.74, 6) is -0.390. The van der Waals surface area contributed by atoms with E-state index in [2.05, 4.69) is 13.8 Å². The zero-order valence-electron chi connectivity index (χ0n) is 20.4. The molecule has 1 atom stereocenters. The van der Waals surface area contributed by atoms with E-state index in [1.54, 1.807) is 0 Å². The van der Waals surface area contributed by atoms with Gasteiger partial charge in [-0.05, 0) is 32.6 Å². The van der Waals surface area contributed by atoms with Gasteiger partial charge in [0, 0.05) is 12.8 Å². The molecule has 4 heteroatoms. The van der Waals surface area contributed by atoms with Gasteiger partial charge >= 0.3 is 11.9 Å². The third-order valence-corrected chi connectivity index (χ3v) is 5.57. The van der Waals surface area contributed by atoms with E-state index in [9.17, 15) is 9.59 Å². The molecule has 0 fully saturated rings. The van der Waals surface area contributed by atoms with Crippen LogP contribution in [0.15, 0.2) is 0 Å². The van der Waals surface area contributed by atoms with Gasteiger partial charge in [-0.1, -0.05) is 97.3 Å². The lowest BCUT2D eigenvalue weighted by atomic mass is 10.1. The van der Waals surface area contributed by atoms with Gasteiger partial charge in [0.25, 0.3) is 0 Å². The lowest BCUT2D eigenvalue weighted by Gasteiger charge is -2.13. The second-order valence-electron chi connectivity index (χ2n) is 8.76. The summed E-state index contributed by atoms with van der Waals surface area (Å²) < 4.78 is 10.7. The van der Waals surface area contributed by atoms with E-state index in [1.165, 1.54) is 77.0 Å². The number of hydrogen-bond donors (Lipinski definition) is 0. The first-order chi connectivity index (χ1) is 14.6. The fourth-order valence-corrected chi connectivity index (χ4v) is 3.60. The molecule has 1 unspecified atom stereocenters. The first kappa shape index (κ1) is 28.9. The average molecular weight is 427 g/mol. The summed E-state index contributed by atoms with van der Waals surface area (Å²) in [6, 6.07) is 0. The highest BCUT2D eigenvalue weighted by molar-refractivity contribution is 5.72. The number of carbonyl (C=O) groups is 2. The average Bonchev–Trinajstić information content (AvgIpc) is 2.72. The molecule has 0 aliphatic rings. The fourth-order valence-electron chi connectivity index (χ4n) is 3.60. The number of rotatable bonds is 22. The molecule has 0 N–H and O–H groups in total. The van der Waals surface area contributed by atoms with Crippen LogP contribution in [-0.2, 0) is 19.1 Å². The summed E-state index contributed by atoms with van der Waals surface area (Å²) in [6.45, 7) is 6.90. The Bertz CT molecular complexity index is 394. The maximum atomic E-state index is 11.8. The number of hydrogen-bond acceptors (Lipinski definition) is 4. The van der Waals surface area contributed by atoms with Gasteiger partial charge in [0.15, 0.2) is 0 Å². The molecule has 0 bridgehead atoms. The molecular formula is C26H50O4. The largest absolute Gasteiger partial charge is 0.466 e. The molecule has 0 aromatic carbocycles. The van der Waals surface area contributed by atoms with Crippen LogP contribution in [0.5, 0.6) is 0 Å². The van der Waals surface area contributed by atoms with E-state index >= 15 is 0 Å². The first-order valence-corrected chi connectivity index (χ1v) is 12.9. The van der Waals surface area contributed by atoms with Crippen molar-refractivity contribution < 1.29 is 19.1 Å². The monoisotopic (exact) mass is 426 g/mol. The number of ether oxygens (including phenoxy) is 2. The lowest BCUT2D eigenvalue weighted by molar-refractivity contribution is -0.149. The summed E-state index contributed by atoms with van der Waals surface area (Å²) in [4.78, 5) is 23.6. The lowest BCUT2D eigenvalue weighted by Crippen LogP contribution is -2.15. The van der Waals surface area contributed by atoms with E-state index in [4.69, 9.17) is 9.47 Å². The summed E-state index contributed by atoms with van der Waals surface area (Å²) in [5.41, 5.74) is 0. The van der Waals surface area contributed by atoms with Gasteiger partial charge < -0.3 is 9.47 Å². The van der Waals surface area contributed by atoms with Crippen LogP contribution in [0.3, 0.4) is 0 Å². The molecular weight excluding hydrogens is 376 g/mol. The molecule has 0 aliphatic carbocycles. The maximum absolute atomic E-state index is 11.8. The minimum absolute atomic E-state index is 0.0256. The molecule has 178 valence electrons. The van der Waals surface area contributed by atoms with Gasteiger partial charge in [-0.15, -0.1) is 0 Å². The van der Waals surface area contributed by atoms with Gasteiger partial charge in [0.1, 0.15) is 0 Å². The van der Waals surface area contributed by atoms with Gasteiger partial charge in [0.05, 0.1) is 12.7 Å². The van der Waals surface area contributed by atoms with Crippen molar-refractivity contribution in [2.75, 3.05) is 6.61 Å². The van der Waals surface area contributed by atoms with Crippen LogP contribution in [-0.4, -0.2) is 24.6 Å². The van der Waals surface area contributed by atoms with Crippen molar-refractivity contribution in [3.8, 4) is 0 Å². The normalized spacial score (nSPS) is 12.0. The highest BCUT2D eigenvalue weighted by atomic mass is 16.5. The second kappa shape index (κ2) is 22.6. The molecule has 0 saturated carbocycles. The van der Waals surface area contributed by atoms with Gasteiger partial charge in [-0.3, -0.25) is 9.59 Å². The molecule has 0 radical (unpaired) electrons. The van der Waals surface area contributed by atoms with E-state index in [0.29, 0.717) is 25.9 Å². The fraction of sp³-hybridized carbons (Fsp3) is 0.923. The third-order valence-electron chi connectivity index (χ3n) is 5.57. The maximum Gasteiger partial charge on any atom is 0.306 e. The van der Waals surface area contributed by atoms with Crippen LogP contribution in [0.4, 0.5) is 0 Å². The van der Waals surface area contributed by atoms with Gasteiger partial charge in [-0.25, -0.2) is 0 Å². The molecule has 0 aliphatic heterocycles. The quantitative estimate of drug-likeness (QED) is 0.130. The van der Waals surface area contributed by atoms with Crippen LogP contribution in [0.2, 0.25) is 0 Å². The van der Waals surface area contributed by atoms with Crippen LogP contribution in [0.25, 0.3) is 0 Å². The Morgan fingerprint density at radius 3 is 1.63 bits per heavy atom. The Morgan fingerprint density at radius 1 is 0.600 bits per heavy atom. The predicted octanol–water partition coefficient (Wildman–Crippen LogP) is 7.91. The van der Waals surface area contributed by atoms with Crippen molar-refractivity contribution in [1.29, 1.82) is 0 Å². The SMILES string of the molecule is CCCCCCCCCCCCCOC(=O)CCCC(=O)OC(C)CCCCCC. The third kappa shape index (κ3) is 21.6. The standard InChI is InChI=1S/C26H50O4/c1-4-6-8-10-11-12-13-14-15-16-18-23-29-25(27)21-19-22-26(28)30-24(3)20-17-9-7-5-2/h24H,4-23H2,1-3H3. The second-order valence-corrected chi connectivity index (χ2v) is 8.76. The molecule has 0 heterocycles. The predicted molar refractivity (Wildman–Crippen MR) is 126 cm³/mol. The molecule has 0 saturated heterocycles. The van der Waals surface area contributed by atoms with Crippen LogP contribution in [0, 0.1) is 0 Å². The van der Waals surface area contributed by atoms with Crippen molar-refractivity contribution >= 4 is 11.9 Å². The number of unbranched alkanes of at least 4 members (excludes halogenated alkanes) is 13. The Morgan fingerprint density at radius 2 is 1.07 bits per heavy atom. The zero-order chi connectivity index (χ0) is 22.3. The molecule has 0 amide bonds. The van der Waals surface area contributed by atoms with Crippen LogP contribution < -0.4 is 0 Å². The van der Waals surface area contributed by atoms with Crippen molar-refractivity contribution in [3.05, 3.63) is 0 Å². The minimum Gasteiger partial charge on any atom is -0.466 e. The Balaban J connectivity index is 3.40. The smallest absolute Gasteiger partial charge is 0.306 e. The minimum atomic E-state index is -0.198. The first-order valence-electron chi connectivity index (χ1n) is 12.9.